The number of rotatable bonds is 7. The minimum Gasteiger partial charge on any atom is -0.392 e. The number of aliphatic hydroxyl groups is 1. The molecule has 1 aliphatic heterocycles. The largest absolute Gasteiger partial charge is 0.392 e. The summed E-state index contributed by atoms with van der Waals surface area (Å²) in [6.07, 6.45) is 8.09. The summed E-state index contributed by atoms with van der Waals surface area (Å²) in [5.74, 6) is 0.144. The number of aliphatic hydroxyl groups excluding tert-OH is 1. The fraction of sp³-hybridized carbons (Fsp3) is 0.833. The Morgan fingerprint density at radius 1 is 1.26 bits per heavy atom. The van der Waals surface area contributed by atoms with Crippen LogP contribution >= 0.6 is 0 Å². The van der Waals surface area contributed by atoms with Gasteiger partial charge in [0.05, 0.1) is 12.1 Å². The number of β-amino-alcohol motifs (C(OH)–C–C–N with tert-alkyl or cyclic N) is 1. The Morgan fingerprint density at radius 2 is 2.00 bits per heavy atom. The minimum atomic E-state index is -0.281. The normalized spacial score (nSPS) is 23.2. The molecule has 0 aromatic carbocycles. The number of carbonyl (C=O) groups excluding carboxylic acids is 1. The molecule has 0 saturated carbocycles. The van der Waals surface area contributed by atoms with Crippen LogP contribution < -0.4 is 5.32 Å². The molecule has 2 N–H and O–H groups in total. The third kappa shape index (κ3) is 6.24. The Labute approximate surface area is 140 Å². The molecule has 0 aromatic heterocycles. The van der Waals surface area contributed by atoms with Crippen LogP contribution in [0.3, 0.4) is 0 Å². The van der Waals surface area contributed by atoms with Crippen LogP contribution in [0.15, 0.2) is 11.6 Å². The van der Waals surface area contributed by atoms with E-state index >= 15 is 0 Å². The summed E-state index contributed by atoms with van der Waals surface area (Å²) in [5, 5.41) is 12.5. The van der Waals surface area contributed by atoms with E-state index in [0.717, 1.165) is 45.7 Å². The maximum atomic E-state index is 12.3. The molecule has 0 spiro atoms. The molecule has 5 nitrogen and oxygen atoms in total. The molecule has 23 heavy (non-hydrogen) atoms. The SMILES string of the molecule is C[C@@H](O)CN1CCN([C@@H](C)C(=O)NCCC2=CCCCC2)CC1. The lowest BCUT2D eigenvalue weighted by atomic mass is 9.97. The molecule has 1 aliphatic carbocycles. The summed E-state index contributed by atoms with van der Waals surface area (Å²) in [7, 11) is 0. The highest BCUT2D eigenvalue weighted by Gasteiger charge is 2.25. The maximum Gasteiger partial charge on any atom is 0.237 e. The van der Waals surface area contributed by atoms with Crippen molar-refractivity contribution in [3.63, 3.8) is 0 Å². The van der Waals surface area contributed by atoms with Gasteiger partial charge in [-0.3, -0.25) is 14.6 Å². The van der Waals surface area contributed by atoms with E-state index in [1.54, 1.807) is 0 Å². The molecule has 0 aromatic rings. The molecule has 2 atom stereocenters. The predicted molar refractivity (Wildman–Crippen MR) is 93.3 cm³/mol. The van der Waals surface area contributed by atoms with Crippen LogP contribution in [0.2, 0.25) is 0 Å². The van der Waals surface area contributed by atoms with E-state index in [1.807, 2.05) is 13.8 Å². The van der Waals surface area contributed by atoms with Crippen LogP contribution in [0.25, 0.3) is 0 Å². The van der Waals surface area contributed by atoms with Gasteiger partial charge in [0.1, 0.15) is 0 Å². The van der Waals surface area contributed by atoms with Crippen molar-refractivity contribution in [1.29, 1.82) is 0 Å². The van der Waals surface area contributed by atoms with Crippen molar-refractivity contribution in [2.45, 2.75) is 58.1 Å². The molecular weight excluding hydrogens is 290 g/mol. The molecule has 2 aliphatic rings. The average molecular weight is 323 g/mol. The first-order valence-electron chi connectivity index (χ1n) is 9.16. The second kappa shape index (κ2) is 9.40. The smallest absolute Gasteiger partial charge is 0.237 e. The summed E-state index contributed by atoms with van der Waals surface area (Å²) in [4.78, 5) is 16.8. The van der Waals surface area contributed by atoms with Crippen molar-refractivity contribution >= 4 is 5.91 Å². The number of allylic oxidation sites excluding steroid dienone is 1. The van der Waals surface area contributed by atoms with Gasteiger partial charge in [-0.25, -0.2) is 0 Å². The molecule has 5 heteroatoms. The van der Waals surface area contributed by atoms with Gasteiger partial charge in [-0.15, -0.1) is 0 Å². The monoisotopic (exact) mass is 323 g/mol. The molecule has 1 fully saturated rings. The molecule has 0 bridgehead atoms. The maximum absolute atomic E-state index is 12.3. The molecule has 0 radical (unpaired) electrons. The van der Waals surface area contributed by atoms with Gasteiger partial charge in [0.15, 0.2) is 0 Å². The fourth-order valence-corrected chi connectivity index (χ4v) is 3.50. The van der Waals surface area contributed by atoms with Gasteiger partial charge in [-0.1, -0.05) is 11.6 Å². The van der Waals surface area contributed by atoms with Gasteiger partial charge in [-0.05, 0) is 46.0 Å². The van der Waals surface area contributed by atoms with Crippen molar-refractivity contribution in [2.75, 3.05) is 39.3 Å². The number of nitrogens with one attached hydrogen (secondary N) is 1. The van der Waals surface area contributed by atoms with Crippen LogP contribution in [0.5, 0.6) is 0 Å². The summed E-state index contributed by atoms with van der Waals surface area (Å²) in [6.45, 7) is 8.95. The van der Waals surface area contributed by atoms with Gasteiger partial charge in [0, 0.05) is 39.3 Å². The number of amides is 1. The van der Waals surface area contributed by atoms with E-state index in [9.17, 15) is 9.90 Å². The highest BCUT2D eigenvalue weighted by molar-refractivity contribution is 5.81. The van der Waals surface area contributed by atoms with Crippen molar-refractivity contribution in [3.05, 3.63) is 11.6 Å². The molecule has 1 saturated heterocycles. The molecule has 132 valence electrons. The zero-order chi connectivity index (χ0) is 16.7. The first kappa shape index (κ1) is 18.4. The van der Waals surface area contributed by atoms with Gasteiger partial charge in [0.2, 0.25) is 5.91 Å². The van der Waals surface area contributed by atoms with E-state index < -0.39 is 0 Å². The standard InChI is InChI=1S/C18H33N3O2/c1-15(22)14-20-10-12-21(13-11-20)16(2)18(23)19-9-8-17-6-4-3-5-7-17/h6,15-16,22H,3-5,7-14H2,1-2H3,(H,19,23)/t15-,16+/m1/s1. The van der Waals surface area contributed by atoms with Gasteiger partial charge < -0.3 is 10.4 Å². The van der Waals surface area contributed by atoms with Crippen LogP contribution in [0.1, 0.15) is 46.0 Å². The minimum absolute atomic E-state index is 0.0657. The quantitative estimate of drug-likeness (QED) is 0.695. The van der Waals surface area contributed by atoms with Crippen molar-refractivity contribution in [2.24, 2.45) is 0 Å². The van der Waals surface area contributed by atoms with Crippen LogP contribution in [0.4, 0.5) is 0 Å². The Hall–Kier alpha value is -0.910. The first-order valence-corrected chi connectivity index (χ1v) is 9.16. The highest BCUT2D eigenvalue weighted by Crippen LogP contribution is 2.19. The highest BCUT2D eigenvalue weighted by atomic mass is 16.3. The first-order chi connectivity index (χ1) is 11.1. The Bertz CT molecular complexity index is 401. The zero-order valence-corrected chi connectivity index (χ0v) is 14.8. The Balaban J connectivity index is 1.65. The topological polar surface area (TPSA) is 55.8 Å². The number of piperazine rings is 1. The van der Waals surface area contributed by atoms with E-state index in [1.165, 1.54) is 31.3 Å². The predicted octanol–water partition coefficient (Wildman–Crippen LogP) is 1.38. The zero-order valence-electron chi connectivity index (χ0n) is 14.8. The summed E-state index contributed by atoms with van der Waals surface area (Å²) in [5.41, 5.74) is 1.51. The van der Waals surface area contributed by atoms with E-state index in [4.69, 9.17) is 0 Å². The van der Waals surface area contributed by atoms with Crippen molar-refractivity contribution < 1.29 is 9.90 Å². The molecule has 2 rings (SSSR count). The summed E-state index contributed by atoms with van der Waals surface area (Å²) in [6, 6.07) is -0.0657. The second-order valence-electron chi connectivity index (χ2n) is 7.01. The van der Waals surface area contributed by atoms with Crippen molar-refractivity contribution in [1.82, 2.24) is 15.1 Å². The van der Waals surface area contributed by atoms with Gasteiger partial charge in [-0.2, -0.15) is 0 Å². The third-order valence-corrected chi connectivity index (χ3v) is 4.99. The van der Waals surface area contributed by atoms with Crippen LogP contribution in [-0.2, 0) is 4.79 Å². The second-order valence-corrected chi connectivity index (χ2v) is 7.01. The fourth-order valence-electron chi connectivity index (χ4n) is 3.50. The molecular formula is C18H33N3O2. The molecule has 1 heterocycles. The summed E-state index contributed by atoms with van der Waals surface area (Å²) >= 11 is 0. The van der Waals surface area contributed by atoms with Crippen LogP contribution in [0, 0.1) is 0 Å². The lowest BCUT2D eigenvalue weighted by molar-refractivity contribution is -0.126. The number of nitrogens with zero attached hydrogens (tertiary/aromatic N) is 2. The van der Waals surface area contributed by atoms with E-state index in [2.05, 4.69) is 21.2 Å². The number of hydrogen-bond acceptors (Lipinski definition) is 4. The summed E-state index contributed by atoms with van der Waals surface area (Å²) < 4.78 is 0. The Kier molecular flexibility index (Phi) is 7.53. The molecule has 1 amide bonds. The van der Waals surface area contributed by atoms with E-state index in [-0.39, 0.29) is 18.1 Å². The lowest BCUT2D eigenvalue weighted by Crippen LogP contribution is -2.54. The van der Waals surface area contributed by atoms with E-state index in [0.29, 0.717) is 0 Å². The number of hydrogen-bond donors (Lipinski definition) is 2. The average Bonchev–Trinajstić information content (AvgIpc) is 2.55. The number of carbonyl (C=O) groups is 1. The van der Waals surface area contributed by atoms with Crippen molar-refractivity contribution in [3.8, 4) is 0 Å². The Morgan fingerprint density at radius 3 is 2.61 bits per heavy atom. The lowest BCUT2D eigenvalue weighted by Gasteiger charge is -2.37. The van der Waals surface area contributed by atoms with Gasteiger partial charge >= 0.3 is 0 Å². The third-order valence-electron chi connectivity index (χ3n) is 4.99. The molecule has 0 unspecified atom stereocenters. The van der Waals surface area contributed by atoms with Gasteiger partial charge in [0.25, 0.3) is 0 Å². The van der Waals surface area contributed by atoms with Crippen LogP contribution in [-0.4, -0.2) is 72.2 Å².